The van der Waals surface area contributed by atoms with Crippen molar-refractivity contribution >= 4 is 17.3 Å². The smallest absolute Gasteiger partial charge is 0.363 e. The molecule has 0 radical (unpaired) electrons. The molecule has 0 amide bonds. The first-order valence-electron chi connectivity index (χ1n) is 8.52. The van der Waals surface area contributed by atoms with E-state index < -0.39 is 5.97 Å². The summed E-state index contributed by atoms with van der Waals surface area (Å²) in [6, 6.07) is 12.5. The molecule has 0 spiro atoms. The van der Waals surface area contributed by atoms with Gasteiger partial charge in [-0.3, -0.25) is 0 Å². The molecule has 0 atom stereocenters. The van der Waals surface area contributed by atoms with Gasteiger partial charge in [0.05, 0.1) is 0 Å². The summed E-state index contributed by atoms with van der Waals surface area (Å²) in [6.07, 6.45) is 0. The van der Waals surface area contributed by atoms with Crippen molar-refractivity contribution in [3.63, 3.8) is 0 Å². The van der Waals surface area contributed by atoms with Gasteiger partial charge in [0.25, 0.3) is 5.89 Å². The third-order valence-corrected chi connectivity index (χ3v) is 4.66. The summed E-state index contributed by atoms with van der Waals surface area (Å²) in [5.74, 6) is 0.920. The van der Waals surface area contributed by atoms with Gasteiger partial charge in [-0.25, -0.2) is 14.2 Å². The van der Waals surface area contributed by atoms with Crippen LogP contribution in [0.4, 0.5) is 4.39 Å². The zero-order valence-corrected chi connectivity index (χ0v) is 16.0. The molecular formula is C20H14FN3O4S. The Hall–Kier alpha value is -3.59. The maximum atomic E-state index is 13.0. The molecule has 4 rings (SSSR count). The van der Waals surface area contributed by atoms with Crippen LogP contribution < -0.4 is 9.47 Å². The van der Waals surface area contributed by atoms with Crippen LogP contribution >= 0.6 is 11.3 Å². The van der Waals surface area contributed by atoms with Crippen molar-refractivity contribution in [3.8, 4) is 22.1 Å². The van der Waals surface area contributed by atoms with E-state index >= 15 is 0 Å². The summed E-state index contributed by atoms with van der Waals surface area (Å²) in [6.45, 7) is 1.87. The molecular weight excluding hydrogens is 397 g/mol. The number of aromatic nitrogens is 3. The average molecular weight is 411 g/mol. The Morgan fingerprint density at radius 1 is 1.07 bits per heavy atom. The third kappa shape index (κ3) is 4.64. The quantitative estimate of drug-likeness (QED) is 0.342. The Labute approximate surface area is 168 Å². The van der Waals surface area contributed by atoms with E-state index in [1.807, 2.05) is 0 Å². The molecule has 0 N–H and O–H groups in total. The predicted molar refractivity (Wildman–Crippen MR) is 102 cm³/mol. The molecule has 0 aliphatic carbocycles. The highest BCUT2D eigenvalue weighted by Gasteiger charge is 2.14. The van der Waals surface area contributed by atoms with Crippen LogP contribution in [0.15, 0.2) is 58.4 Å². The zero-order valence-electron chi connectivity index (χ0n) is 15.2. The summed E-state index contributed by atoms with van der Waals surface area (Å²) in [5, 5.41) is 5.89. The van der Waals surface area contributed by atoms with Crippen LogP contribution in [-0.4, -0.2) is 21.1 Å². The highest BCUT2D eigenvalue weighted by Crippen LogP contribution is 2.25. The van der Waals surface area contributed by atoms with Crippen LogP contribution in [0.2, 0.25) is 0 Å². The van der Waals surface area contributed by atoms with Crippen molar-refractivity contribution in [1.82, 2.24) is 15.1 Å². The van der Waals surface area contributed by atoms with Crippen LogP contribution in [0.1, 0.15) is 22.2 Å². The number of carbonyl (C=O) groups is 1. The standard InChI is InChI=1S/C20H14FN3O4S/c1-12-22-18(28-24-12)10-26-15-6-8-16(9-7-15)27-20(25)17-11-29-19(23-17)13-2-4-14(21)5-3-13/h2-9,11H,10H2,1H3. The average Bonchev–Trinajstić information content (AvgIpc) is 3.37. The van der Waals surface area contributed by atoms with E-state index in [0.717, 1.165) is 5.56 Å². The number of rotatable bonds is 6. The third-order valence-electron chi connectivity index (χ3n) is 3.77. The predicted octanol–water partition coefficient (Wildman–Crippen LogP) is 4.44. The number of halogens is 1. The van der Waals surface area contributed by atoms with Gasteiger partial charge in [0.2, 0.25) is 0 Å². The van der Waals surface area contributed by atoms with E-state index in [4.69, 9.17) is 14.0 Å². The van der Waals surface area contributed by atoms with Crippen LogP contribution in [-0.2, 0) is 6.61 Å². The van der Waals surface area contributed by atoms with E-state index in [0.29, 0.717) is 28.2 Å². The summed E-state index contributed by atoms with van der Waals surface area (Å²) < 4.78 is 28.9. The van der Waals surface area contributed by atoms with Gasteiger partial charge in [-0.2, -0.15) is 4.98 Å². The van der Waals surface area contributed by atoms with E-state index in [1.165, 1.54) is 23.5 Å². The van der Waals surface area contributed by atoms with E-state index in [1.54, 1.807) is 48.7 Å². The molecule has 0 unspecified atom stereocenters. The van der Waals surface area contributed by atoms with Gasteiger partial charge in [0.1, 0.15) is 22.3 Å². The van der Waals surface area contributed by atoms with Gasteiger partial charge < -0.3 is 14.0 Å². The normalized spacial score (nSPS) is 10.7. The number of nitrogens with zero attached hydrogens (tertiary/aromatic N) is 3. The second kappa shape index (κ2) is 8.19. The van der Waals surface area contributed by atoms with Gasteiger partial charge in [-0.15, -0.1) is 11.3 Å². The van der Waals surface area contributed by atoms with E-state index in [2.05, 4.69) is 15.1 Å². The van der Waals surface area contributed by atoms with Crippen molar-refractivity contribution in [2.24, 2.45) is 0 Å². The second-order valence-corrected chi connectivity index (χ2v) is 6.79. The van der Waals surface area contributed by atoms with Crippen molar-refractivity contribution in [2.75, 3.05) is 0 Å². The van der Waals surface area contributed by atoms with E-state index in [9.17, 15) is 9.18 Å². The monoisotopic (exact) mass is 411 g/mol. The van der Waals surface area contributed by atoms with Gasteiger partial charge >= 0.3 is 5.97 Å². The molecule has 9 heteroatoms. The first kappa shape index (κ1) is 18.8. The Morgan fingerprint density at radius 3 is 2.48 bits per heavy atom. The molecule has 0 aliphatic heterocycles. The SMILES string of the molecule is Cc1noc(COc2ccc(OC(=O)c3csc(-c4ccc(F)cc4)n3)cc2)n1. The molecule has 7 nitrogen and oxygen atoms in total. The lowest BCUT2D eigenvalue weighted by Gasteiger charge is -2.05. The van der Waals surface area contributed by atoms with Crippen molar-refractivity contribution in [1.29, 1.82) is 0 Å². The topological polar surface area (TPSA) is 87.3 Å². The molecule has 0 bridgehead atoms. The van der Waals surface area contributed by atoms with Crippen molar-refractivity contribution < 1.29 is 23.2 Å². The second-order valence-electron chi connectivity index (χ2n) is 5.93. The lowest BCUT2D eigenvalue weighted by atomic mass is 10.2. The van der Waals surface area contributed by atoms with Crippen LogP contribution in [0, 0.1) is 12.7 Å². The zero-order chi connectivity index (χ0) is 20.2. The minimum Gasteiger partial charge on any atom is -0.484 e. The van der Waals surface area contributed by atoms with Crippen molar-refractivity contribution in [3.05, 3.63) is 77.1 Å². The van der Waals surface area contributed by atoms with Gasteiger partial charge in [0.15, 0.2) is 18.1 Å². The van der Waals surface area contributed by atoms with E-state index in [-0.39, 0.29) is 18.1 Å². The molecule has 0 fully saturated rings. The van der Waals surface area contributed by atoms with Crippen molar-refractivity contribution in [2.45, 2.75) is 13.5 Å². The van der Waals surface area contributed by atoms with Gasteiger partial charge in [-0.05, 0) is 55.5 Å². The maximum Gasteiger partial charge on any atom is 0.363 e. The molecule has 0 aliphatic rings. The Kier molecular flexibility index (Phi) is 5.30. The Morgan fingerprint density at radius 2 is 1.79 bits per heavy atom. The Balaban J connectivity index is 1.36. The number of thiazole rings is 1. The maximum absolute atomic E-state index is 13.0. The number of ether oxygens (including phenoxy) is 2. The highest BCUT2D eigenvalue weighted by atomic mass is 32.1. The van der Waals surface area contributed by atoms with Crippen LogP contribution in [0.25, 0.3) is 10.6 Å². The molecule has 0 saturated carbocycles. The molecule has 2 heterocycles. The number of aryl methyl sites for hydroxylation is 1. The minimum absolute atomic E-state index is 0.144. The molecule has 4 aromatic rings. The van der Waals surface area contributed by atoms with Crippen LogP contribution in [0.3, 0.4) is 0 Å². The number of hydrogen-bond donors (Lipinski definition) is 0. The molecule has 29 heavy (non-hydrogen) atoms. The summed E-state index contributed by atoms with van der Waals surface area (Å²) in [5.41, 5.74) is 0.912. The molecule has 2 aromatic carbocycles. The molecule has 0 saturated heterocycles. The molecule has 146 valence electrons. The van der Waals surface area contributed by atoms with Crippen LogP contribution in [0.5, 0.6) is 11.5 Å². The lowest BCUT2D eigenvalue weighted by Crippen LogP contribution is -2.08. The van der Waals surface area contributed by atoms with Gasteiger partial charge in [0, 0.05) is 10.9 Å². The number of esters is 1. The fourth-order valence-corrected chi connectivity index (χ4v) is 3.19. The fourth-order valence-electron chi connectivity index (χ4n) is 2.40. The number of hydrogen-bond acceptors (Lipinski definition) is 8. The summed E-state index contributed by atoms with van der Waals surface area (Å²) in [4.78, 5) is 20.6. The molecule has 2 aromatic heterocycles. The first-order valence-corrected chi connectivity index (χ1v) is 9.40. The number of carbonyl (C=O) groups excluding carboxylic acids is 1. The fraction of sp³-hybridized carbons (Fsp3) is 0.100. The van der Waals surface area contributed by atoms with Gasteiger partial charge in [-0.1, -0.05) is 5.16 Å². The summed E-state index contributed by atoms with van der Waals surface area (Å²) in [7, 11) is 0. The minimum atomic E-state index is -0.579. The summed E-state index contributed by atoms with van der Waals surface area (Å²) >= 11 is 1.28. The lowest BCUT2D eigenvalue weighted by molar-refractivity contribution is 0.0729. The first-order chi connectivity index (χ1) is 14.1. The highest BCUT2D eigenvalue weighted by molar-refractivity contribution is 7.13. The number of benzene rings is 2. The Bertz CT molecular complexity index is 1120. The largest absolute Gasteiger partial charge is 0.484 e.